The summed E-state index contributed by atoms with van der Waals surface area (Å²) in [6, 6.07) is 7.97. The number of thioether (sulfide) groups is 1. The predicted molar refractivity (Wildman–Crippen MR) is 109 cm³/mol. The Hall–Kier alpha value is -1.60. The fourth-order valence-corrected chi connectivity index (χ4v) is 4.08. The van der Waals surface area contributed by atoms with Crippen LogP contribution >= 0.6 is 27.7 Å². The Kier molecular flexibility index (Phi) is 6.53. The molecule has 1 saturated heterocycles. The molecule has 0 bridgehead atoms. The maximum Gasteiger partial charge on any atom is 0.233 e. The van der Waals surface area contributed by atoms with Gasteiger partial charge in [0.1, 0.15) is 0 Å². The molecule has 1 aromatic carbocycles. The lowest BCUT2D eigenvalue weighted by molar-refractivity contribution is -0.130. The van der Waals surface area contributed by atoms with E-state index in [2.05, 4.69) is 39.5 Å². The second kappa shape index (κ2) is 8.86. The van der Waals surface area contributed by atoms with Crippen LogP contribution in [0.3, 0.4) is 0 Å². The molecule has 2 aromatic rings. The fraction of sp³-hybridized carbons (Fsp3) is 0.421. The first-order valence-corrected chi connectivity index (χ1v) is 10.6. The number of benzene rings is 1. The molecule has 1 fully saturated rings. The summed E-state index contributed by atoms with van der Waals surface area (Å²) in [5.74, 6) is 1.93. The zero-order valence-electron chi connectivity index (χ0n) is 14.9. The standard InChI is InChI=1S/C19H23BrN4OS/c1-3-10-24-18(15-6-8-16(20)9-7-15)21-19(22-24)26-13-17(25)23-11-4-5-14(2)12-23/h3,6-9,14H,1,4-5,10-13H2,2H3. The Morgan fingerprint density at radius 3 is 2.88 bits per heavy atom. The van der Waals surface area contributed by atoms with E-state index in [-0.39, 0.29) is 5.91 Å². The molecule has 138 valence electrons. The first-order chi connectivity index (χ1) is 12.6. The quantitative estimate of drug-likeness (QED) is 0.503. The molecule has 1 aromatic heterocycles. The van der Waals surface area contributed by atoms with Crippen molar-refractivity contribution in [3.63, 3.8) is 0 Å². The number of carbonyl (C=O) groups excluding carboxylic acids is 1. The molecule has 0 N–H and O–H groups in total. The summed E-state index contributed by atoms with van der Waals surface area (Å²) in [4.78, 5) is 19.1. The summed E-state index contributed by atoms with van der Waals surface area (Å²) in [5, 5.41) is 5.17. The minimum atomic E-state index is 0.173. The van der Waals surface area contributed by atoms with Crippen LogP contribution in [0.2, 0.25) is 0 Å². The molecule has 1 aliphatic heterocycles. The molecule has 5 nitrogen and oxygen atoms in total. The van der Waals surface area contributed by atoms with Gasteiger partial charge < -0.3 is 4.90 Å². The normalized spacial score (nSPS) is 17.3. The van der Waals surface area contributed by atoms with E-state index in [0.717, 1.165) is 35.4 Å². The maximum atomic E-state index is 12.5. The molecule has 0 saturated carbocycles. The number of aromatic nitrogens is 3. The lowest BCUT2D eigenvalue weighted by Gasteiger charge is -2.30. The number of allylic oxidation sites excluding steroid dienone is 1. The van der Waals surface area contributed by atoms with Gasteiger partial charge in [-0.3, -0.25) is 4.79 Å². The third kappa shape index (κ3) is 4.76. The zero-order valence-corrected chi connectivity index (χ0v) is 17.3. The van der Waals surface area contributed by atoms with Crippen LogP contribution in [0, 0.1) is 5.92 Å². The maximum absolute atomic E-state index is 12.5. The summed E-state index contributed by atoms with van der Waals surface area (Å²) in [6.45, 7) is 8.31. The highest BCUT2D eigenvalue weighted by Crippen LogP contribution is 2.24. The van der Waals surface area contributed by atoms with E-state index in [9.17, 15) is 4.79 Å². The predicted octanol–water partition coefficient (Wildman–Crippen LogP) is 4.24. The van der Waals surface area contributed by atoms with Gasteiger partial charge in [-0.15, -0.1) is 11.7 Å². The van der Waals surface area contributed by atoms with Gasteiger partial charge in [0.2, 0.25) is 11.1 Å². The summed E-state index contributed by atoms with van der Waals surface area (Å²) in [7, 11) is 0. The summed E-state index contributed by atoms with van der Waals surface area (Å²) in [6.07, 6.45) is 4.10. The van der Waals surface area contributed by atoms with Crippen molar-refractivity contribution in [2.45, 2.75) is 31.5 Å². The third-order valence-corrected chi connectivity index (χ3v) is 5.74. The van der Waals surface area contributed by atoms with Gasteiger partial charge in [0.05, 0.1) is 12.3 Å². The molecule has 1 atom stereocenters. The van der Waals surface area contributed by atoms with Crippen molar-refractivity contribution in [1.82, 2.24) is 19.7 Å². The highest BCUT2D eigenvalue weighted by atomic mass is 79.9. The van der Waals surface area contributed by atoms with Crippen molar-refractivity contribution in [3.05, 3.63) is 41.4 Å². The summed E-state index contributed by atoms with van der Waals surface area (Å²) in [5.41, 5.74) is 0.991. The number of hydrogen-bond donors (Lipinski definition) is 0. The largest absolute Gasteiger partial charge is 0.342 e. The van der Waals surface area contributed by atoms with Crippen LogP contribution < -0.4 is 0 Å². The molecule has 0 aliphatic carbocycles. The number of likely N-dealkylation sites (tertiary alicyclic amines) is 1. The second-order valence-electron chi connectivity index (χ2n) is 6.57. The summed E-state index contributed by atoms with van der Waals surface area (Å²) >= 11 is 4.85. The first kappa shape index (κ1) is 19.2. The Morgan fingerprint density at radius 2 is 2.19 bits per heavy atom. The molecule has 3 rings (SSSR count). The van der Waals surface area contributed by atoms with Crippen molar-refractivity contribution in [1.29, 1.82) is 0 Å². The zero-order chi connectivity index (χ0) is 18.5. The van der Waals surface area contributed by atoms with E-state index in [1.165, 1.54) is 18.2 Å². The van der Waals surface area contributed by atoms with Gasteiger partial charge in [0.25, 0.3) is 0 Å². The average molecular weight is 435 g/mol. The van der Waals surface area contributed by atoms with Crippen LogP contribution in [-0.4, -0.2) is 44.4 Å². The van der Waals surface area contributed by atoms with E-state index in [1.54, 1.807) is 6.08 Å². The van der Waals surface area contributed by atoms with E-state index in [4.69, 9.17) is 0 Å². The number of halogens is 1. The van der Waals surface area contributed by atoms with Crippen molar-refractivity contribution in [2.24, 2.45) is 5.92 Å². The molecule has 26 heavy (non-hydrogen) atoms. The smallest absolute Gasteiger partial charge is 0.233 e. The molecule has 2 heterocycles. The first-order valence-electron chi connectivity index (χ1n) is 8.79. The third-order valence-electron chi connectivity index (χ3n) is 4.39. The molecule has 0 radical (unpaired) electrons. The highest BCUT2D eigenvalue weighted by Gasteiger charge is 2.21. The molecule has 1 amide bonds. The van der Waals surface area contributed by atoms with Crippen LogP contribution in [0.1, 0.15) is 19.8 Å². The number of nitrogens with zero attached hydrogens (tertiary/aromatic N) is 4. The lowest BCUT2D eigenvalue weighted by atomic mass is 10.0. The number of rotatable bonds is 6. The number of carbonyl (C=O) groups is 1. The van der Waals surface area contributed by atoms with Crippen LogP contribution in [0.15, 0.2) is 46.5 Å². The number of amides is 1. The monoisotopic (exact) mass is 434 g/mol. The van der Waals surface area contributed by atoms with Crippen LogP contribution in [0.25, 0.3) is 11.4 Å². The van der Waals surface area contributed by atoms with Crippen LogP contribution in [-0.2, 0) is 11.3 Å². The van der Waals surface area contributed by atoms with Crippen LogP contribution in [0.5, 0.6) is 0 Å². The van der Waals surface area contributed by atoms with E-state index >= 15 is 0 Å². The van der Waals surface area contributed by atoms with Gasteiger partial charge >= 0.3 is 0 Å². The van der Waals surface area contributed by atoms with Gasteiger partial charge in [-0.05, 0) is 30.9 Å². The van der Waals surface area contributed by atoms with E-state index in [1.807, 2.05) is 33.8 Å². The average Bonchev–Trinajstić information content (AvgIpc) is 3.03. The number of hydrogen-bond acceptors (Lipinski definition) is 4. The number of piperidine rings is 1. The topological polar surface area (TPSA) is 51.0 Å². The Labute approximate surface area is 167 Å². The molecular formula is C19H23BrN4OS. The summed E-state index contributed by atoms with van der Waals surface area (Å²) < 4.78 is 2.85. The van der Waals surface area contributed by atoms with Gasteiger partial charge in [-0.1, -0.05) is 52.8 Å². The van der Waals surface area contributed by atoms with Gasteiger partial charge in [0.15, 0.2) is 5.82 Å². The Morgan fingerprint density at radius 1 is 1.42 bits per heavy atom. The minimum absolute atomic E-state index is 0.173. The molecular weight excluding hydrogens is 412 g/mol. The van der Waals surface area contributed by atoms with Gasteiger partial charge in [-0.25, -0.2) is 9.67 Å². The van der Waals surface area contributed by atoms with Crippen molar-refractivity contribution in [2.75, 3.05) is 18.8 Å². The Bertz CT molecular complexity index is 774. The SMILES string of the molecule is C=CCn1nc(SCC(=O)N2CCCC(C)C2)nc1-c1ccc(Br)cc1. The van der Waals surface area contributed by atoms with Crippen LogP contribution in [0.4, 0.5) is 0 Å². The van der Waals surface area contributed by atoms with Crippen molar-refractivity contribution in [3.8, 4) is 11.4 Å². The molecule has 0 spiro atoms. The molecule has 7 heteroatoms. The van der Waals surface area contributed by atoms with E-state index < -0.39 is 0 Å². The van der Waals surface area contributed by atoms with Gasteiger partial charge in [-0.2, -0.15) is 0 Å². The Balaban J connectivity index is 1.70. The highest BCUT2D eigenvalue weighted by molar-refractivity contribution is 9.10. The van der Waals surface area contributed by atoms with Crippen molar-refractivity contribution < 1.29 is 4.79 Å². The molecule has 1 aliphatic rings. The minimum Gasteiger partial charge on any atom is -0.342 e. The second-order valence-corrected chi connectivity index (χ2v) is 8.43. The van der Waals surface area contributed by atoms with Gasteiger partial charge in [0, 0.05) is 23.1 Å². The lowest BCUT2D eigenvalue weighted by Crippen LogP contribution is -2.40. The van der Waals surface area contributed by atoms with Crippen molar-refractivity contribution >= 4 is 33.6 Å². The van der Waals surface area contributed by atoms with E-state index in [0.29, 0.717) is 23.4 Å². The molecule has 1 unspecified atom stereocenters. The fourth-order valence-electron chi connectivity index (χ4n) is 3.08.